The standard InChI is InChI=1S/C15H15F3N2O/c1-4-20-13(8-10(3)19-20)14(21)12-6-5-11(7-9(12)2)15(16,17)18/h5-8H,4H2,1-3H3. The van der Waals surface area contributed by atoms with Crippen LogP contribution in [0.25, 0.3) is 0 Å². The summed E-state index contributed by atoms with van der Waals surface area (Å²) in [6.45, 7) is 5.64. The van der Waals surface area contributed by atoms with Gasteiger partial charge in [0.15, 0.2) is 0 Å². The van der Waals surface area contributed by atoms with Crippen molar-refractivity contribution in [1.82, 2.24) is 9.78 Å². The molecule has 0 atom stereocenters. The Morgan fingerprint density at radius 1 is 1.24 bits per heavy atom. The Hall–Kier alpha value is -2.11. The summed E-state index contributed by atoms with van der Waals surface area (Å²) in [6, 6.07) is 4.79. The lowest BCUT2D eigenvalue weighted by molar-refractivity contribution is -0.137. The van der Waals surface area contributed by atoms with Crippen LogP contribution in [-0.4, -0.2) is 15.6 Å². The Labute approximate surface area is 120 Å². The van der Waals surface area contributed by atoms with Gasteiger partial charge in [-0.3, -0.25) is 9.48 Å². The first-order valence-electron chi connectivity index (χ1n) is 6.51. The summed E-state index contributed by atoms with van der Waals surface area (Å²) in [6.07, 6.45) is -4.41. The quantitative estimate of drug-likeness (QED) is 0.808. The maximum Gasteiger partial charge on any atom is 0.416 e. The molecule has 0 amide bonds. The van der Waals surface area contributed by atoms with Crippen LogP contribution in [0.4, 0.5) is 13.2 Å². The van der Waals surface area contributed by atoms with Crippen molar-refractivity contribution in [3.8, 4) is 0 Å². The fourth-order valence-corrected chi connectivity index (χ4v) is 2.20. The molecular weight excluding hydrogens is 281 g/mol. The summed E-state index contributed by atoms with van der Waals surface area (Å²) in [5.41, 5.74) is 0.897. The number of rotatable bonds is 3. The van der Waals surface area contributed by atoms with Crippen molar-refractivity contribution in [2.45, 2.75) is 33.5 Å². The Balaban J connectivity index is 2.44. The van der Waals surface area contributed by atoms with Crippen LogP contribution in [0.15, 0.2) is 24.3 Å². The number of carbonyl (C=O) groups is 1. The molecule has 2 aromatic rings. The van der Waals surface area contributed by atoms with E-state index in [0.29, 0.717) is 23.5 Å². The van der Waals surface area contributed by atoms with Crippen LogP contribution in [0.1, 0.15) is 39.8 Å². The third-order valence-electron chi connectivity index (χ3n) is 3.23. The van der Waals surface area contributed by atoms with Gasteiger partial charge in [0.05, 0.1) is 11.3 Å². The lowest BCUT2D eigenvalue weighted by Crippen LogP contribution is -2.13. The van der Waals surface area contributed by atoms with Crippen molar-refractivity contribution in [2.75, 3.05) is 0 Å². The van der Waals surface area contributed by atoms with Crippen molar-refractivity contribution in [2.24, 2.45) is 0 Å². The van der Waals surface area contributed by atoms with Crippen molar-refractivity contribution < 1.29 is 18.0 Å². The van der Waals surface area contributed by atoms with E-state index in [1.54, 1.807) is 17.7 Å². The summed E-state index contributed by atoms with van der Waals surface area (Å²) >= 11 is 0. The van der Waals surface area contributed by atoms with E-state index in [0.717, 1.165) is 12.1 Å². The van der Waals surface area contributed by atoms with Gasteiger partial charge in [-0.2, -0.15) is 18.3 Å². The molecule has 2 rings (SSSR count). The molecule has 0 aliphatic carbocycles. The number of alkyl halides is 3. The van der Waals surface area contributed by atoms with E-state index in [4.69, 9.17) is 0 Å². The molecule has 0 bridgehead atoms. The molecule has 1 aromatic heterocycles. The Morgan fingerprint density at radius 3 is 2.43 bits per heavy atom. The second-order valence-corrected chi connectivity index (χ2v) is 4.84. The van der Waals surface area contributed by atoms with Crippen LogP contribution >= 0.6 is 0 Å². The number of hydrogen-bond acceptors (Lipinski definition) is 2. The number of aryl methyl sites for hydroxylation is 3. The van der Waals surface area contributed by atoms with Crippen molar-refractivity contribution in [3.05, 3.63) is 52.3 Å². The van der Waals surface area contributed by atoms with Gasteiger partial charge in [-0.1, -0.05) is 6.07 Å². The molecule has 0 N–H and O–H groups in total. The molecule has 1 aromatic carbocycles. The Morgan fingerprint density at radius 2 is 1.90 bits per heavy atom. The summed E-state index contributed by atoms with van der Waals surface area (Å²) in [4.78, 5) is 12.5. The minimum Gasteiger partial charge on any atom is -0.287 e. The van der Waals surface area contributed by atoms with Crippen molar-refractivity contribution in [1.29, 1.82) is 0 Å². The minimum atomic E-state index is -4.41. The lowest BCUT2D eigenvalue weighted by atomic mass is 9.99. The van der Waals surface area contributed by atoms with Gasteiger partial charge in [-0.25, -0.2) is 0 Å². The average Bonchev–Trinajstić information content (AvgIpc) is 2.78. The zero-order chi connectivity index (χ0) is 15.8. The molecule has 0 unspecified atom stereocenters. The number of nitrogens with zero attached hydrogens (tertiary/aromatic N) is 2. The van der Waals surface area contributed by atoms with Crippen LogP contribution in [0.2, 0.25) is 0 Å². The number of halogens is 3. The predicted octanol–water partition coefficient (Wildman–Crippen LogP) is 3.77. The maximum atomic E-state index is 12.6. The van der Waals surface area contributed by atoms with Gasteiger partial charge in [0.2, 0.25) is 5.78 Å². The van der Waals surface area contributed by atoms with Crippen molar-refractivity contribution >= 4 is 5.78 Å². The molecule has 0 aliphatic heterocycles. The Kier molecular flexibility index (Phi) is 3.89. The third kappa shape index (κ3) is 2.99. The monoisotopic (exact) mass is 296 g/mol. The van der Waals surface area contributed by atoms with Crippen LogP contribution in [0.3, 0.4) is 0 Å². The lowest BCUT2D eigenvalue weighted by Gasteiger charge is -2.11. The maximum absolute atomic E-state index is 12.6. The first kappa shape index (κ1) is 15.3. The molecule has 0 aliphatic rings. The van der Waals surface area contributed by atoms with Crippen molar-refractivity contribution in [3.63, 3.8) is 0 Å². The molecule has 0 saturated heterocycles. The molecule has 21 heavy (non-hydrogen) atoms. The fourth-order valence-electron chi connectivity index (χ4n) is 2.20. The van der Waals surface area contributed by atoms with Crippen LogP contribution in [0, 0.1) is 13.8 Å². The van der Waals surface area contributed by atoms with E-state index < -0.39 is 11.7 Å². The molecule has 0 fully saturated rings. The number of hydrogen-bond donors (Lipinski definition) is 0. The van der Waals surface area contributed by atoms with Gasteiger partial charge >= 0.3 is 6.18 Å². The second-order valence-electron chi connectivity index (χ2n) is 4.84. The molecule has 0 radical (unpaired) electrons. The molecular formula is C15H15F3N2O. The van der Waals surface area contributed by atoms with Crippen LogP contribution < -0.4 is 0 Å². The van der Waals surface area contributed by atoms with E-state index in [2.05, 4.69) is 5.10 Å². The van der Waals surface area contributed by atoms with Gasteiger partial charge in [0.25, 0.3) is 0 Å². The van der Waals surface area contributed by atoms with Gasteiger partial charge < -0.3 is 0 Å². The van der Waals surface area contributed by atoms with Gasteiger partial charge in [-0.15, -0.1) is 0 Å². The Bertz CT molecular complexity index is 687. The summed E-state index contributed by atoms with van der Waals surface area (Å²) < 4.78 is 39.5. The van der Waals surface area contributed by atoms with Crippen LogP contribution in [0.5, 0.6) is 0 Å². The van der Waals surface area contributed by atoms with Gasteiger partial charge in [0, 0.05) is 12.1 Å². The molecule has 6 heteroatoms. The van der Waals surface area contributed by atoms with E-state index in [1.165, 1.54) is 13.0 Å². The van der Waals surface area contributed by atoms with E-state index in [1.807, 2.05) is 6.92 Å². The number of ketones is 1. The number of benzene rings is 1. The second kappa shape index (κ2) is 5.35. The molecule has 0 spiro atoms. The third-order valence-corrected chi connectivity index (χ3v) is 3.23. The smallest absolute Gasteiger partial charge is 0.287 e. The highest BCUT2D eigenvalue weighted by Gasteiger charge is 2.31. The highest BCUT2D eigenvalue weighted by atomic mass is 19.4. The average molecular weight is 296 g/mol. The van der Waals surface area contributed by atoms with E-state index in [9.17, 15) is 18.0 Å². The first-order valence-corrected chi connectivity index (χ1v) is 6.51. The minimum absolute atomic E-state index is 0.262. The summed E-state index contributed by atoms with van der Waals surface area (Å²) in [5, 5.41) is 4.18. The molecule has 3 nitrogen and oxygen atoms in total. The molecule has 1 heterocycles. The number of aromatic nitrogens is 2. The topological polar surface area (TPSA) is 34.9 Å². The highest BCUT2D eigenvalue weighted by molar-refractivity contribution is 6.08. The SMILES string of the molecule is CCn1nc(C)cc1C(=O)c1ccc(C(F)(F)F)cc1C. The molecule has 0 saturated carbocycles. The fraction of sp³-hybridized carbons (Fsp3) is 0.333. The zero-order valence-electron chi connectivity index (χ0n) is 12.0. The summed E-state index contributed by atoms with van der Waals surface area (Å²) in [5.74, 6) is -0.316. The number of carbonyl (C=O) groups excluding carboxylic acids is 1. The summed E-state index contributed by atoms with van der Waals surface area (Å²) in [7, 11) is 0. The highest BCUT2D eigenvalue weighted by Crippen LogP contribution is 2.30. The molecule has 112 valence electrons. The van der Waals surface area contributed by atoms with E-state index in [-0.39, 0.29) is 11.3 Å². The van der Waals surface area contributed by atoms with Gasteiger partial charge in [0.1, 0.15) is 5.69 Å². The van der Waals surface area contributed by atoms with E-state index >= 15 is 0 Å². The normalized spacial score (nSPS) is 11.7. The van der Waals surface area contributed by atoms with Gasteiger partial charge in [-0.05, 0) is 44.5 Å². The largest absolute Gasteiger partial charge is 0.416 e. The zero-order valence-corrected chi connectivity index (χ0v) is 12.0. The first-order chi connectivity index (χ1) is 9.74. The van der Waals surface area contributed by atoms with Crippen LogP contribution in [-0.2, 0) is 12.7 Å². The predicted molar refractivity (Wildman–Crippen MR) is 72.3 cm³/mol.